The van der Waals surface area contributed by atoms with Crippen LogP contribution in [0.5, 0.6) is 5.75 Å². The summed E-state index contributed by atoms with van der Waals surface area (Å²) in [6, 6.07) is 7.09. The Morgan fingerprint density at radius 1 is 1.45 bits per heavy atom. The van der Waals surface area contributed by atoms with E-state index >= 15 is 0 Å². The van der Waals surface area contributed by atoms with E-state index in [1.807, 2.05) is 12.1 Å². The summed E-state index contributed by atoms with van der Waals surface area (Å²) in [5, 5.41) is 0.114. The van der Waals surface area contributed by atoms with E-state index in [1.54, 1.807) is 12.1 Å². The number of benzene rings is 1. The highest BCUT2D eigenvalue weighted by molar-refractivity contribution is 6.28. The van der Waals surface area contributed by atoms with Crippen molar-refractivity contribution in [1.29, 1.82) is 0 Å². The van der Waals surface area contributed by atoms with E-state index in [9.17, 15) is 0 Å². The molecule has 0 bridgehead atoms. The van der Waals surface area contributed by atoms with Gasteiger partial charge in [0.15, 0.2) is 11.0 Å². The van der Waals surface area contributed by atoms with Gasteiger partial charge in [0.2, 0.25) is 0 Å². The zero-order chi connectivity index (χ0) is 8.27. The number of nitrogens with two attached hydrogens (primary N) is 1. The van der Waals surface area contributed by atoms with Crippen LogP contribution in [0.3, 0.4) is 0 Å². The van der Waals surface area contributed by atoms with Gasteiger partial charge < -0.3 is 10.5 Å². The van der Waals surface area contributed by atoms with Crippen molar-refractivity contribution in [2.45, 2.75) is 0 Å². The van der Waals surface area contributed by atoms with Crippen LogP contribution < -0.4 is 10.5 Å². The molecule has 0 aliphatic carbocycles. The molecule has 0 heterocycles. The van der Waals surface area contributed by atoms with Gasteiger partial charge in [0.1, 0.15) is 0 Å². The van der Waals surface area contributed by atoms with E-state index in [2.05, 4.69) is 6.58 Å². The van der Waals surface area contributed by atoms with E-state index in [-0.39, 0.29) is 5.22 Å². The van der Waals surface area contributed by atoms with Crippen LogP contribution in [0.1, 0.15) is 0 Å². The van der Waals surface area contributed by atoms with Crippen molar-refractivity contribution >= 4 is 17.3 Å². The highest BCUT2D eigenvalue weighted by atomic mass is 35.5. The highest BCUT2D eigenvalue weighted by Crippen LogP contribution is 2.22. The fourth-order valence-electron chi connectivity index (χ4n) is 0.693. The summed E-state index contributed by atoms with van der Waals surface area (Å²) in [5.74, 6) is 0.535. The molecule has 0 aromatic heterocycles. The molecular weight excluding hydrogens is 162 g/mol. The quantitative estimate of drug-likeness (QED) is 0.545. The summed E-state index contributed by atoms with van der Waals surface area (Å²) in [7, 11) is 0. The van der Waals surface area contributed by atoms with Gasteiger partial charge in [-0.3, -0.25) is 0 Å². The van der Waals surface area contributed by atoms with Gasteiger partial charge in [0, 0.05) is 0 Å². The van der Waals surface area contributed by atoms with E-state index in [4.69, 9.17) is 22.1 Å². The van der Waals surface area contributed by atoms with Crippen LogP contribution in [0.15, 0.2) is 36.1 Å². The largest absolute Gasteiger partial charge is 0.444 e. The van der Waals surface area contributed by atoms with Crippen LogP contribution in [0.4, 0.5) is 5.69 Å². The van der Waals surface area contributed by atoms with Crippen LogP contribution in [-0.2, 0) is 0 Å². The molecule has 0 aliphatic rings. The van der Waals surface area contributed by atoms with Gasteiger partial charge in [0.05, 0.1) is 5.69 Å². The van der Waals surface area contributed by atoms with Crippen molar-refractivity contribution in [3.63, 3.8) is 0 Å². The third-order valence-electron chi connectivity index (χ3n) is 1.14. The Morgan fingerprint density at radius 2 is 2.09 bits per heavy atom. The van der Waals surface area contributed by atoms with Crippen LogP contribution in [0, 0.1) is 0 Å². The summed E-state index contributed by atoms with van der Waals surface area (Å²) in [6.07, 6.45) is 0. The summed E-state index contributed by atoms with van der Waals surface area (Å²) < 4.78 is 4.99. The lowest BCUT2D eigenvalue weighted by atomic mass is 10.3. The van der Waals surface area contributed by atoms with Crippen molar-refractivity contribution < 1.29 is 4.74 Å². The molecule has 0 radical (unpaired) electrons. The first-order valence-corrected chi connectivity index (χ1v) is 3.44. The van der Waals surface area contributed by atoms with Gasteiger partial charge in [-0.2, -0.15) is 0 Å². The Labute approximate surface area is 70.2 Å². The molecule has 0 unspecified atom stereocenters. The summed E-state index contributed by atoms with van der Waals surface area (Å²) in [5.41, 5.74) is 6.09. The minimum atomic E-state index is 0.114. The fraction of sp³-hybridized carbons (Fsp3) is 0. The molecule has 1 rings (SSSR count). The molecule has 0 saturated heterocycles. The van der Waals surface area contributed by atoms with Crippen LogP contribution in [0.25, 0.3) is 0 Å². The zero-order valence-corrected chi connectivity index (χ0v) is 6.64. The number of halogens is 1. The van der Waals surface area contributed by atoms with Crippen LogP contribution >= 0.6 is 11.6 Å². The molecule has 0 saturated carbocycles. The number of para-hydroxylation sites is 2. The van der Waals surface area contributed by atoms with Gasteiger partial charge in [-0.05, 0) is 30.3 Å². The molecule has 0 aliphatic heterocycles. The molecule has 1 aromatic carbocycles. The van der Waals surface area contributed by atoms with Crippen molar-refractivity contribution in [2.75, 3.05) is 5.73 Å². The standard InChI is InChI=1S/C8H8ClNO/c1-6(9)11-8-5-3-2-4-7(8)10/h2-5H,1,10H2. The SMILES string of the molecule is C=C(Cl)Oc1ccccc1N. The maximum Gasteiger partial charge on any atom is 0.186 e. The molecule has 2 nitrogen and oxygen atoms in total. The first-order valence-electron chi connectivity index (χ1n) is 3.07. The number of hydrogen-bond acceptors (Lipinski definition) is 2. The van der Waals surface area contributed by atoms with Gasteiger partial charge in [0.25, 0.3) is 0 Å². The Hall–Kier alpha value is -1.15. The normalized spacial score (nSPS) is 9.18. The average molecular weight is 170 g/mol. The number of nitrogen functional groups attached to an aromatic ring is 1. The predicted octanol–water partition coefficient (Wildman–Crippen LogP) is 2.36. The Bertz CT molecular complexity index is 273. The molecule has 3 heteroatoms. The molecule has 0 atom stereocenters. The lowest BCUT2D eigenvalue weighted by Gasteiger charge is -2.04. The number of hydrogen-bond donors (Lipinski definition) is 1. The topological polar surface area (TPSA) is 35.2 Å². The Morgan fingerprint density at radius 3 is 2.64 bits per heavy atom. The Kier molecular flexibility index (Phi) is 2.39. The maximum absolute atomic E-state index is 5.54. The average Bonchev–Trinajstić information content (AvgIpc) is 1.93. The molecule has 11 heavy (non-hydrogen) atoms. The number of ether oxygens (including phenoxy) is 1. The van der Waals surface area contributed by atoms with Crippen molar-refractivity contribution in [1.82, 2.24) is 0 Å². The zero-order valence-electron chi connectivity index (χ0n) is 5.88. The lowest BCUT2D eigenvalue weighted by Crippen LogP contribution is -1.92. The highest BCUT2D eigenvalue weighted by Gasteiger charge is 1.97. The molecule has 2 N–H and O–H groups in total. The third-order valence-corrected chi connectivity index (χ3v) is 1.22. The second kappa shape index (κ2) is 3.30. The van der Waals surface area contributed by atoms with E-state index in [1.165, 1.54) is 0 Å². The summed E-state index contributed by atoms with van der Waals surface area (Å²) in [6.45, 7) is 3.38. The number of anilines is 1. The molecule has 0 spiro atoms. The molecule has 0 fully saturated rings. The molecular formula is C8H8ClNO. The molecule has 58 valence electrons. The lowest BCUT2D eigenvalue weighted by molar-refractivity contribution is 0.467. The second-order valence-electron chi connectivity index (χ2n) is 2.00. The van der Waals surface area contributed by atoms with Crippen molar-refractivity contribution in [3.05, 3.63) is 36.1 Å². The van der Waals surface area contributed by atoms with Gasteiger partial charge in [-0.15, -0.1) is 0 Å². The maximum atomic E-state index is 5.54. The minimum Gasteiger partial charge on any atom is -0.444 e. The van der Waals surface area contributed by atoms with Crippen LogP contribution in [-0.4, -0.2) is 0 Å². The first kappa shape index (κ1) is 7.95. The minimum absolute atomic E-state index is 0.114. The van der Waals surface area contributed by atoms with E-state index < -0.39 is 0 Å². The smallest absolute Gasteiger partial charge is 0.186 e. The monoisotopic (exact) mass is 169 g/mol. The first-order chi connectivity index (χ1) is 5.20. The summed E-state index contributed by atoms with van der Waals surface area (Å²) in [4.78, 5) is 0. The van der Waals surface area contributed by atoms with Gasteiger partial charge in [-0.1, -0.05) is 12.1 Å². The van der Waals surface area contributed by atoms with Crippen molar-refractivity contribution in [2.24, 2.45) is 0 Å². The second-order valence-corrected chi connectivity index (χ2v) is 2.42. The van der Waals surface area contributed by atoms with Crippen LogP contribution in [0.2, 0.25) is 0 Å². The summed E-state index contributed by atoms with van der Waals surface area (Å²) >= 11 is 5.41. The molecule has 1 aromatic rings. The van der Waals surface area contributed by atoms with E-state index in [0.29, 0.717) is 11.4 Å². The predicted molar refractivity (Wildman–Crippen MR) is 46.5 cm³/mol. The van der Waals surface area contributed by atoms with E-state index in [0.717, 1.165) is 0 Å². The fourth-order valence-corrected chi connectivity index (χ4v) is 0.776. The third kappa shape index (κ3) is 2.16. The van der Waals surface area contributed by atoms with Gasteiger partial charge >= 0.3 is 0 Å². The molecule has 0 amide bonds. The van der Waals surface area contributed by atoms with Crippen molar-refractivity contribution in [3.8, 4) is 5.75 Å². The number of rotatable bonds is 2. The van der Waals surface area contributed by atoms with Gasteiger partial charge in [-0.25, -0.2) is 0 Å². The Balaban J connectivity index is 2.86.